The molecule has 0 aliphatic heterocycles. The molecule has 0 fully saturated rings. The van der Waals surface area contributed by atoms with Crippen molar-refractivity contribution in [2.24, 2.45) is 5.92 Å². The van der Waals surface area contributed by atoms with Crippen LogP contribution in [0, 0.1) is 5.92 Å². The SMILES string of the molecule is O=C=C1c2cncc(Br)c2CCC1CC(=O)O. The molecule has 0 spiro atoms. The molecule has 2 rings (SSSR count). The van der Waals surface area contributed by atoms with Crippen LogP contribution < -0.4 is 0 Å². The van der Waals surface area contributed by atoms with Crippen LogP contribution >= 0.6 is 15.9 Å². The topological polar surface area (TPSA) is 67.3 Å². The van der Waals surface area contributed by atoms with Crippen molar-refractivity contribution < 1.29 is 14.7 Å². The van der Waals surface area contributed by atoms with Gasteiger partial charge in [0.25, 0.3) is 0 Å². The van der Waals surface area contributed by atoms with Crippen LogP contribution in [0.2, 0.25) is 0 Å². The van der Waals surface area contributed by atoms with Crippen molar-refractivity contribution >= 4 is 33.4 Å². The van der Waals surface area contributed by atoms with Crippen molar-refractivity contribution in [2.75, 3.05) is 0 Å². The molecule has 1 unspecified atom stereocenters. The van der Waals surface area contributed by atoms with E-state index in [1.165, 1.54) is 0 Å². The molecule has 1 aliphatic rings. The highest BCUT2D eigenvalue weighted by atomic mass is 79.9. The predicted octanol–water partition coefficient (Wildman–Crippen LogP) is 2.10. The Kier molecular flexibility index (Phi) is 3.41. The highest BCUT2D eigenvalue weighted by Gasteiger charge is 2.28. The number of allylic oxidation sites excluding steroid dienone is 1. The Bertz CT molecular complexity index is 520. The van der Waals surface area contributed by atoms with Gasteiger partial charge < -0.3 is 5.11 Å². The van der Waals surface area contributed by atoms with E-state index >= 15 is 0 Å². The zero-order valence-corrected chi connectivity index (χ0v) is 10.5. The van der Waals surface area contributed by atoms with E-state index in [4.69, 9.17) is 5.11 Å². The fourth-order valence-corrected chi connectivity index (χ4v) is 2.71. The van der Waals surface area contributed by atoms with Crippen molar-refractivity contribution in [2.45, 2.75) is 19.3 Å². The molecule has 0 amide bonds. The Morgan fingerprint density at radius 3 is 3.00 bits per heavy atom. The van der Waals surface area contributed by atoms with Crippen molar-refractivity contribution in [3.8, 4) is 0 Å². The van der Waals surface area contributed by atoms with Gasteiger partial charge in [-0.2, -0.15) is 0 Å². The number of carbonyl (C=O) groups excluding carboxylic acids is 1. The molecule has 0 radical (unpaired) electrons. The second-order valence-electron chi connectivity index (χ2n) is 4.00. The van der Waals surface area contributed by atoms with Gasteiger partial charge in [0, 0.05) is 33.9 Å². The number of carboxylic acids is 1. The summed E-state index contributed by atoms with van der Waals surface area (Å²) in [6, 6.07) is 0. The maximum atomic E-state index is 11.0. The third-order valence-electron chi connectivity index (χ3n) is 2.98. The lowest BCUT2D eigenvalue weighted by molar-refractivity contribution is -0.137. The van der Waals surface area contributed by atoms with Gasteiger partial charge in [-0.15, -0.1) is 0 Å². The Balaban J connectivity index is 2.44. The molecule has 1 aliphatic carbocycles. The summed E-state index contributed by atoms with van der Waals surface area (Å²) in [5.74, 6) is 0.735. The number of aromatic nitrogens is 1. The summed E-state index contributed by atoms with van der Waals surface area (Å²) in [6.45, 7) is 0. The van der Waals surface area contributed by atoms with Gasteiger partial charge in [-0.3, -0.25) is 9.78 Å². The summed E-state index contributed by atoms with van der Waals surface area (Å²) in [5, 5.41) is 8.81. The minimum atomic E-state index is -0.894. The molecular formula is C12H10BrNO3. The van der Waals surface area contributed by atoms with Crippen LogP contribution in [0.3, 0.4) is 0 Å². The molecule has 0 saturated heterocycles. The van der Waals surface area contributed by atoms with Gasteiger partial charge in [0.2, 0.25) is 0 Å². The molecule has 0 aromatic carbocycles. The average Bonchev–Trinajstić information content (AvgIpc) is 2.28. The summed E-state index contributed by atoms with van der Waals surface area (Å²) in [6.07, 6.45) is 4.66. The minimum absolute atomic E-state index is 0.0312. The fraction of sp³-hybridized carbons (Fsp3) is 0.333. The van der Waals surface area contributed by atoms with E-state index in [0.29, 0.717) is 12.0 Å². The van der Waals surface area contributed by atoms with Gasteiger partial charge in [0.05, 0.1) is 6.42 Å². The highest BCUT2D eigenvalue weighted by molar-refractivity contribution is 9.10. The third kappa shape index (κ3) is 2.30. The van der Waals surface area contributed by atoms with Gasteiger partial charge in [-0.25, -0.2) is 4.79 Å². The van der Waals surface area contributed by atoms with Gasteiger partial charge in [-0.1, -0.05) is 0 Å². The number of carboxylic acid groups (broad SMARTS) is 1. The first-order valence-corrected chi connectivity index (χ1v) is 6.02. The number of halogens is 1. The average molecular weight is 296 g/mol. The van der Waals surface area contributed by atoms with Crippen LogP contribution in [-0.2, 0) is 16.0 Å². The maximum Gasteiger partial charge on any atom is 0.303 e. The van der Waals surface area contributed by atoms with Crippen LogP contribution in [-0.4, -0.2) is 22.0 Å². The van der Waals surface area contributed by atoms with E-state index in [9.17, 15) is 9.59 Å². The predicted molar refractivity (Wildman–Crippen MR) is 65.1 cm³/mol. The van der Waals surface area contributed by atoms with E-state index in [1.807, 2.05) is 5.94 Å². The molecule has 1 atom stereocenters. The third-order valence-corrected chi connectivity index (χ3v) is 3.66. The molecular weight excluding hydrogens is 286 g/mol. The Morgan fingerprint density at radius 1 is 1.59 bits per heavy atom. The number of carbonyl (C=O) groups is 1. The first-order chi connectivity index (χ1) is 8.13. The second-order valence-corrected chi connectivity index (χ2v) is 4.85. The largest absolute Gasteiger partial charge is 0.481 e. The number of pyridine rings is 1. The molecule has 1 aromatic heterocycles. The zero-order chi connectivity index (χ0) is 12.4. The van der Waals surface area contributed by atoms with Crippen LogP contribution in [0.1, 0.15) is 24.0 Å². The maximum absolute atomic E-state index is 11.0. The molecule has 4 nitrogen and oxygen atoms in total. The molecule has 0 saturated carbocycles. The van der Waals surface area contributed by atoms with E-state index < -0.39 is 5.97 Å². The zero-order valence-electron chi connectivity index (χ0n) is 8.94. The standard InChI is InChI=1S/C12H10BrNO3/c13-11-5-14-4-9-8(11)2-1-7(3-12(16)17)10(9)6-15/h4-5,7H,1-3H2,(H,16,17). The first-order valence-electron chi connectivity index (χ1n) is 5.23. The highest BCUT2D eigenvalue weighted by Crippen LogP contribution is 2.37. The van der Waals surface area contributed by atoms with Gasteiger partial charge >= 0.3 is 5.97 Å². The molecule has 17 heavy (non-hydrogen) atoms. The molecule has 5 heteroatoms. The van der Waals surface area contributed by atoms with Crippen molar-refractivity contribution in [1.29, 1.82) is 0 Å². The van der Waals surface area contributed by atoms with Gasteiger partial charge in [0.1, 0.15) is 5.94 Å². The Hall–Kier alpha value is -1.45. The molecule has 1 heterocycles. The quantitative estimate of drug-likeness (QED) is 0.849. The lowest BCUT2D eigenvalue weighted by atomic mass is 9.79. The summed E-state index contributed by atoms with van der Waals surface area (Å²) >= 11 is 3.39. The number of rotatable bonds is 2. The summed E-state index contributed by atoms with van der Waals surface area (Å²) in [7, 11) is 0. The van der Waals surface area contributed by atoms with Crippen molar-refractivity contribution in [1.82, 2.24) is 4.98 Å². The summed E-state index contributed by atoms with van der Waals surface area (Å²) in [5.41, 5.74) is 2.18. The minimum Gasteiger partial charge on any atom is -0.481 e. The number of hydrogen-bond donors (Lipinski definition) is 1. The van der Waals surface area contributed by atoms with Crippen LogP contribution in [0.25, 0.3) is 5.57 Å². The fourth-order valence-electron chi connectivity index (χ4n) is 2.18. The van der Waals surface area contributed by atoms with Crippen molar-refractivity contribution in [3.63, 3.8) is 0 Å². The lowest BCUT2D eigenvalue weighted by Gasteiger charge is -2.24. The Morgan fingerprint density at radius 2 is 2.35 bits per heavy atom. The first kappa shape index (κ1) is 12.0. The van der Waals surface area contributed by atoms with Crippen LogP contribution in [0.5, 0.6) is 0 Å². The molecule has 1 N–H and O–H groups in total. The second kappa shape index (κ2) is 4.82. The number of hydrogen-bond acceptors (Lipinski definition) is 3. The summed E-state index contributed by atoms with van der Waals surface area (Å²) in [4.78, 5) is 25.8. The number of nitrogens with zero attached hydrogens (tertiary/aromatic N) is 1. The molecule has 0 bridgehead atoms. The van der Waals surface area contributed by atoms with Crippen molar-refractivity contribution in [3.05, 3.63) is 28.0 Å². The van der Waals surface area contributed by atoms with E-state index in [0.717, 1.165) is 22.0 Å². The summed E-state index contributed by atoms with van der Waals surface area (Å²) < 4.78 is 0.858. The van der Waals surface area contributed by atoms with E-state index in [2.05, 4.69) is 20.9 Å². The lowest BCUT2D eigenvalue weighted by Crippen LogP contribution is -2.17. The Labute approximate surface area is 106 Å². The molecule has 88 valence electrons. The molecule has 1 aromatic rings. The monoisotopic (exact) mass is 295 g/mol. The van der Waals surface area contributed by atoms with Gasteiger partial charge in [-0.05, 0) is 34.3 Å². The van der Waals surface area contributed by atoms with E-state index in [1.54, 1.807) is 12.4 Å². The number of fused-ring (bicyclic) bond motifs is 1. The van der Waals surface area contributed by atoms with Crippen LogP contribution in [0.4, 0.5) is 0 Å². The van der Waals surface area contributed by atoms with Gasteiger partial charge in [0.15, 0.2) is 0 Å². The van der Waals surface area contributed by atoms with Crippen LogP contribution in [0.15, 0.2) is 16.9 Å². The normalized spacial score (nSPS) is 18.4. The number of aliphatic carboxylic acids is 1. The van der Waals surface area contributed by atoms with E-state index in [-0.39, 0.29) is 12.3 Å². The smallest absolute Gasteiger partial charge is 0.303 e.